The molecule has 0 amide bonds. The van der Waals surface area contributed by atoms with Crippen LogP contribution in [0.3, 0.4) is 0 Å². The van der Waals surface area contributed by atoms with Crippen molar-refractivity contribution < 1.29 is 9.47 Å². The third-order valence-electron chi connectivity index (χ3n) is 4.02. The third-order valence-corrected chi connectivity index (χ3v) is 5.67. The second-order valence-corrected chi connectivity index (χ2v) is 7.47. The van der Waals surface area contributed by atoms with Crippen molar-refractivity contribution in [2.75, 3.05) is 14.2 Å². The summed E-state index contributed by atoms with van der Waals surface area (Å²) in [6.45, 7) is 0. The minimum Gasteiger partial charge on any atom is -0.493 e. The number of hydrogen-bond acceptors (Lipinski definition) is 6. The Hall–Kier alpha value is -2.71. The molecular weight excluding hydrogens is 430 g/mol. The first-order valence-corrected chi connectivity index (χ1v) is 9.60. The Morgan fingerprint density at radius 1 is 1.11 bits per heavy atom. The molecular formula is C19H14BrN3O3S. The van der Waals surface area contributed by atoms with Crippen molar-refractivity contribution in [3.05, 3.63) is 67.4 Å². The Balaban J connectivity index is 1.85. The summed E-state index contributed by atoms with van der Waals surface area (Å²) < 4.78 is 13.5. The molecule has 0 aliphatic carbocycles. The van der Waals surface area contributed by atoms with Crippen LogP contribution in [0.15, 0.2) is 51.7 Å². The summed E-state index contributed by atoms with van der Waals surface area (Å²) >= 11 is 4.77. The van der Waals surface area contributed by atoms with E-state index < -0.39 is 0 Å². The van der Waals surface area contributed by atoms with Crippen LogP contribution in [0.2, 0.25) is 0 Å². The van der Waals surface area contributed by atoms with Crippen molar-refractivity contribution in [3.8, 4) is 22.9 Å². The van der Waals surface area contributed by atoms with E-state index in [1.54, 1.807) is 26.4 Å². The molecule has 0 saturated heterocycles. The van der Waals surface area contributed by atoms with E-state index in [2.05, 4.69) is 26.0 Å². The van der Waals surface area contributed by atoms with Gasteiger partial charge in [0.2, 0.25) is 4.96 Å². The minimum absolute atomic E-state index is 0.217. The predicted octanol–water partition coefficient (Wildman–Crippen LogP) is 3.15. The maximum absolute atomic E-state index is 12.8. The molecule has 0 bridgehead atoms. The van der Waals surface area contributed by atoms with Gasteiger partial charge in [-0.25, -0.2) is 0 Å². The lowest BCUT2D eigenvalue weighted by Crippen LogP contribution is -2.23. The molecule has 6 nitrogen and oxygen atoms in total. The third kappa shape index (κ3) is 3.11. The molecule has 2 aromatic heterocycles. The van der Waals surface area contributed by atoms with Crippen molar-refractivity contribution in [3.63, 3.8) is 0 Å². The van der Waals surface area contributed by atoms with E-state index in [1.807, 2.05) is 36.4 Å². The molecule has 0 unspecified atom stereocenters. The van der Waals surface area contributed by atoms with E-state index in [4.69, 9.17) is 9.47 Å². The van der Waals surface area contributed by atoms with Gasteiger partial charge < -0.3 is 9.47 Å². The smallest absolute Gasteiger partial charge is 0.291 e. The Morgan fingerprint density at radius 3 is 2.63 bits per heavy atom. The highest BCUT2D eigenvalue weighted by Crippen LogP contribution is 2.31. The van der Waals surface area contributed by atoms with Crippen molar-refractivity contribution in [1.29, 1.82) is 0 Å². The van der Waals surface area contributed by atoms with Gasteiger partial charge in [0.25, 0.3) is 5.56 Å². The lowest BCUT2D eigenvalue weighted by molar-refractivity contribution is 0.354. The van der Waals surface area contributed by atoms with Gasteiger partial charge in [-0.05, 0) is 24.3 Å². The van der Waals surface area contributed by atoms with Gasteiger partial charge >= 0.3 is 0 Å². The summed E-state index contributed by atoms with van der Waals surface area (Å²) in [5.74, 6) is 1.69. The Kier molecular flexibility index (Phi) is 4.67. The number of nitrogens with zero attached hydrogens (tertiary/aromatic N) is 3. The molecule has 0 aliphatic heterocycles. The van der Waals surface area contributed by atoms with E-state index in [1.165, 1.54) is 15.9 Å². The molecule has 0 saturated carbocycles. The van der Waals surface area contributed by atoms with Gasteiger partial charge in [0.1, 0.15) is 0 Å². The zero-order valence-corrected chi connectivity index (χ0v) is 16.9. The highest BCUT2D eigenvalue weighted by atomic mass is 79.9. The lowest BCUT2D eigenvalue weighted by Gasteiger charge is -2.09. The summed E-state index contributed by atoms with van der Waals surface area (Å²) in [4.78, 5) is 17.8. The number of para-hydroxylation sites is 1. The summed E-state index contributed by atoms with van der Waals surface area (Å²) in [5.41, 5.74) is 1.38. The second-order valence-electron chi connectivity index (χ2n) is 5.61. The van der Waals surface area contributed by atoms with Crippen LogP contribution >= 0.6 is 27.3 Å². The summed E-state index contributed by atoms with van der Waals surface area (Å²) in [6.07, 6.45) is 1.77. The van der Waals surface area contributed by atoms with Crippen molar-refractivity contribution in [1.82, 2.24) is 14.6 Å². The van der Waals surface area contributed by atoms with Crippen LogP contribution in [0.4, 0.5) is 0 Å². The van der Waals surface area contributed by atoms with Crippen LogP contribution in [0.1, 0.15) is 5.56 Å². The average molecular weight is 444 g/mol. The van der Waals surface area contributed by atoms with Gasteiger partial charge in [-0.1, -0.05) is 51.5 Å². The number of halogens is 1. The molecule has 0 N–H and O–H groups in total. The van der Waals surface area contributed by atoms with E-state index in [9.17, 15) is 4.79 Å². The molecule has 2 heterocycles. The van der Waals surface area contributed by atoms with Crippen LogP contribution in [0, 0.1) is 0 Å². The molecule has 0 radical (unpaired) electrons. The first-order chi connectivity index (χ1) is 13.1. The van der Waals surface area contributed by atoms with Gasteiger partial charge in [0, 0.05) is 15.6 Å². The number of hydrogen-bond donors (Lipinski definition) is 0. The average Bonchev–Trinajstić information content (AvgIpc) is 3.21. The topological polar surface area (TPSA) is 65.7 Å². The highest BCUT2D eigenvalue weighted by Gasteiger charge is 2.14. The van der Waals surface area contributed by atoms with Gasteiger partial charge in [-0.15, -0.1) is 5.10 Å². The monoisotopic (exact) mass is 443 g/mol. The normalized spacial score (nSPS) is 11.9. The van der Waals surface area contributed by atoms with Crippen LogP contribution in [0.25, 0.3) is 22.4 Å². The number of fused-ring (bicyclic) bond motifs is 1. The number of methoxy groups -OCH3 is 2. The molecule has 0 spiro atoms. The molecule has 8 heteroatoms. The minimum atomic E-state index is -0.217. The first-order valence-electron chi connectivity index (χ1n) is 7.99. The Labute approximate surface area is 166 Å². The van der Waals surface area contributed by atoms with Crippen LogP contribution in [-0.2, 0) is 0 Å². The van der Waals surface area contributed by atoms with Crippen LogP contribution in [0.5, 0.6) is 11.5 Å². The number of benzene rings is 2. The Bertz CT molecular complexity index is 1250. The van der Waals surface area contributed by atoms with Crippen LogP contribution < -0.4 is 19.6 Å². The molecule has 0 atom stereocenters. The molecule has 27 heavy (non-hydrogen) atoms. The van der Waals surface area contributed by atoms with E-state index in [0.29, 0.717) is 26.8 Å². The van der Waals surface area contributed by atoms with Gasteiger partial charge in [0.15, 0.2) is 17.3 Å². The lowest BCUT2D eigenvalue weighted by atomic mass is 10.2. The predicted molar refractivity (Wildman–Crippen MR) is 109 cm³/mol. The zero-order chi connectivity index (χ0) is 19.0. The number of rotatable bonds is 4. The molecule has 0 aliphatic rings. The molecule has 0 fully saturated rings. The maximum atomic E-state index is 12.8. The van der Waals surface area contributed by atoms with Gasteiger partial charge in [-0.2, -0.15) is 9.50 Å². The largest absolute Gasteiger partial charge is 0.493 e. The fourth-order valence-electron chi connectivity index (χ4n) is 2.76. The number of aromatic nitrogens is 3. The Morgan fingerprint density at radius 2 is 1.93 bits per heavy atom. The SMILES string of the molecule is COc1cccc(/C=c2\sc3nc(-c4ccccc4Br)nn3c2=O)c1OC. The molecule has 136 valence electrons. The summed E-state index contributed by atoms with van der Waals surface area (Å²) in [5, 5.41) is 4.38. The van der Waals surface area contributed by atoms with E-state index in [0.717, 1.165) is 15.6 Å². The first kappa shape index (κ1) is 17.7. The van der Waals surface area contributed by atoms with Crippen molar-refractivity contribution in [2.24, 2.45) is 0 Å². The van der Waals surface area contributed by atoms with E-state index >= 15 is 0 Å². The van der Waals surface area contributed by atoms with Crippen LogP contribution in [-0.4, -0.2) is 28.8 Å². The quantitative estimate of drug-likeness (QED) is 0.484. The standard InChI is InChI=1S/C19H14BrN3O3S/c1-25-14-9-5-6-11(16(14)26-2)10-15-18(24)23-19(27-15)21-17(22-23)12-7-3-4-8-13(12)20/h3-10H,1-2H3/b15-10-. The number of ether oxygens (including phenoxy) is 2. The fraction of sp³-hybridized carbons (Fsp3) is 0.105. The summed E-state index contributed by atoms with van der Waals surface area (Å²) in [6, 6.07) is 13.2. The molecule has 4 rings (SSSR count). The van der Waals surface area contributed by atoms with E-state index in [-0.39, 0.29) is 5.56 Å². The maximum Gasteiger partial charge on any atom is 0.291 e. The molecule has 2 aromatic carbocycles. The highest BCUT2D eigenvalue weighted by molar-refractivity contribution is 9.10. The van der Waals surface area contributed by atoms with Crippen molar-refractivity contribution >= 4 is 38.3 Å². The second kappa shape index (κ2) is 7.13. The molecule has 4 aromatic rings. The van der Waals surface area contributed by atoms with Crippen molar-refractivity contribution in [2.45, 2.75) is 0 Å². The van der Waals surface area contributed by atoms with Gasteiger partial charge in [0.05, 0.1) is 18.8 Å². The fourth-order valence-corrected chi connectivity index (χ4v) is 4.12. The summed E-state index contributed by atoms with van der Waals surface area (Å²) in [7, 11) is 3.15. The zero-order valence-electron chi connectivity index (χ0n) is 14.5. The van der Waals surface area contributed by atoms with Gasteiger partial charge in [-0.3, -0.25) is 4.79 Å². The number of thiazole rings is 1.